The molecule has 1 aromatic carbocycles. The van der Waals surface area contributed by atoms with E-state index in [-0.39, 0.29) is 19.0 Å². The highest BCUT2D eigenvalue weighted by Crippen LogP contribution is 2.26. The second kappa shape index (κ2) is 4.50. The molecule has 0 aromatic heterocycles. The minimum absolute atomic E-state index is 0. The van der Waals surface area contributed by atoms with Gasteiger partial charge in [0.25, 0.3) is 0 Å². The van der Waals surface area contributed by atoms with Crippen LogP contribution in [0.3, 0.4) is 0 Å². The van der Waals surface area contributed by atoms with Crippen molar-refractivity contribution in [3.8, 4) is 11.5 Å². The van der Waals surface area contributed by atoms with Gasteiger partial charge in [0, 0.05) is 5.56 Å². The smallest absolute Gasteiger partial charge is 0.161 e. The van der Waals surface area contributed by atoms with Crippen LogP contribution in [0.15, 0.2) is 18.2 Å². The Balaban J connectivity index is 0.00000144. The number of ketones is 1. The second-order valence-electron chi connectivity index (χ2n) is 2.44. The maximum absolute atomic E-state index is 10.9. The Kier molecular flexibility index (Phi) is 3.98. The number of carbonyl (C=O) groups excluding carboxylic acids is 1. The molecule has 0 radical (unpaired) electrons. The Bertz CT molecular complexity index is 305. The zero-order valence-corrected chi connectivity index (χ0v) is 7.00. The molecule has 0 aliphatic rings. The highest BCUT2D eigenvalue weighted by atomic mass is 16.5. The first kappa shape index (κ1) is 11.5. The van der Waals surface area contributed by atoms with E-state index in [0.29, 0.717) is 11.3 Å². The lowest BCUT2D eigenvalue weighted by atomic mass is 10.1. The quantitative estimate of drug-likeness (QED) is 0.713. The molecule has 0 bridgehead atoms. The van der Waals surface area contributed by atoms with E-state index >= 15 is 0 Å². The third-order valence-electron chi connectivity index (χ3n) is 1.59. The molecule has 0 heterocycles. The molecule has 0 saturated carbocycles. The molecule has 0 spiro atoms. The monoisotopic (exact) mass is 182 g/mol. The fourth-order valence-corrected chi connectivity index (χ4v) is 0.897. The first-order valence-corrected chi connectivity index (χ1v) is 3.53. The molecule has 72 valence electrons. The van der Waals surface area contributed by atoms with Crippen LogP contribution in [0.4, 0.5) is 0 Å². The Morgan fingerprint density at radius 2 is 2.08 bits per heavy atom. The van der Waals surface area contributed by atoms with Gasteiger partial charge in [0.2, 0.25) is 0 Å². The summed E-state index contributed by atoms with van der Waals surface area (Å²) in [6.07, 6.45) is 0. The first-order chi connectivity index (χ1) is 5.65. The van der Waals surface area contributed by atoms with Gasteiger partial charge in [0.05, 0.1) is 7.11 Å². The van der Waals surface area contributed by atoms with Crippen molar-refractivity contribution in [1.82, 2.24) is 0 Å². The summed E-state index contributed by atoms with van der Waals surface area (Å²) in [7, 11) is 1.44. The van der Waals surface area contributed by atoms with Gasteiger partial charge in [-0.15, -0.1) is 0 Å². The van der Waals surface area contributed by atoms with Gasteiger partial charge in [0.1, 0.15) is 0 Å². The topological polar surface area (TPSA) is 46.5 Å². The van der Waals surface area contributed by atoms with E-state index in [9.17, 15) is 9.90 Å². The van der Waals surface area contributed by atoms with Crippen LogP contribution in [-0.4, -0.2) is 18.0 Å². The van der Waals surface area contributed by atoms with Crippen LogP contribution >= 0.6 is 0 Å². The molecule has 1 N–H and O–H groups in total. The summed E-state index contributed by atoms with van der Waals surface area (Å²) >= 11 is 0. The average molecular weight is 182 g/mol. The number of hydrogen-bond acceptors (Lipinski definition) is 3. The van der Waals surface area contributed by atoms with E-state index in [1.165, 1.54) is 26.2 Å². The molecule has 0 saturated heterocycles. The van der Waals surface area contributed by atoms with E-state index in [1.54, 1.807) is 6.07 Å². The number of hydrogen-bond donors (Lipinski definition) is 1. The maximum Gasteiger partial charge on any atom is 0.161 e. The molecule has 3 nitrogen and oxygen atoms in total. The van der Waals surface area contributed by atoms with Crippen LogP contribution < -0.4 is 4.74 Å². The van der Waals surface area contributed by atoms with E-state index in [2.05, 4.69) is 0 Å². The number of rotatable bonds is 2. The van der Waals surface area contributed by atoms with E-state index in [4.69, 9.17) is 4.74 Å². The molecule has 0 amide bonds. The number of benzene rings is 1. The summed E-state index contributed by atoms with van der Waals surface area (Å²) in [4.78, 5) is 10.9. The first-order valence-electron chi connectivity index (χ1n) is 3.53. The van der Waals surface area contributed by atoms with Crippen LogP contribution in [0.2, 0.25) is 0 Å². The number of aromatic hydroxyl groups is 1. The molecule has 0 aliphatic carbocycles. The summed E-state index contributed by atoms with van der Waals surface area (Å²) < 4.78 is 4.83. The molecule has 0 aliphatic heterocycles. The minimum atomic E-state index is -0.0479. The van der Waals surface area contributed by atoms with Crippen molar-refractivity contribution in [3.05, 3.63) is 23.8 Å². The number of ether oxygens (including phenoxy) is 1. The van der Waals surface area contributed by atoms with Crippen LogP contribution in [0.1, 0.15) is 24.7 Å². The van der Waals surface area contributed by atoms with Crippen LogP contribution in [-0.2, 0) is 0 Å². The van der Waals surface area contributed by atoms with Crippen molar-refractivity contribution in [2.24, 2.45) is 0 Å². The normalized spacial score (nSPS) is 8.77. The van der Waals surface area contributed by atoms with Crippen molar-refractivity contribution < 1.29 is 14.6 Å². The van der Waals surface area contributed by atoms with Crippen LogP contribution in [0.25, 0.3) is 0 Å². The van der Waals surface area contributed by atoms with Crippen molar-refractivity contribution in [3.63, 3.8) is 0 Å². The Morgan fingerprint density at radius 1 is 1.46 bits per heavy atom. The Labute approximate surface area is 78.0 Å². The van der Waals surface area contributed by atoms with Gasteiger partial charge >= 0.3 is 0 Å². The van der Waals surface area contributed by atoms with Crippen molar-refractivity contribution in [1.29, 1.82) is 0 Å². The predicted molar refractivity (Wildman–Crippen MR) is 51.4 cm³/mol. The van der Waals surface area contributed by atoms with Gasteiger partial charge in [0.15, 0.2) is 17.3 Å². The van der Waals surface area contributed by atoms with E-state index in [0.717, 1.165) is 0 Å². The fraction of sp³-hybridized carbons (Fsp3) is 0.300. The third-order valence-corrected chi connectivity index (χ3v) is 1.59. The highest BCUT2D eigenvalue weighted by Gasteiger charge is 2.04. The molecule has 13 heavy (non-hydrogen) atoms. The van der Waals surface area contributed by atoms with Crippen molar-refractivity contribution in [2.75, 3.05) is 7.11 Å². The molecule has 1 aromatic rings. The van der Waals surface area contributed by atoms with Gasteiger partial charge in [-0.3, -0.25) is 4.79 Å². The number of phenols is 1. The zero-order valence-electron chi connectivity index (χ0n) is 7.00. The van der Waals surface area contributed by atoms with Crippen molar-refractivity contribution >= 4 is 5.78 Å². The third kappa shape index (κ3) is 2.47. The number of methoxy groups -OCH3 is 1. The van der Waals surface area contributed by atoms with Gasteiger partial charge in [-0.2, -0.15) is 0 Å². The second-order valence-corrected chi connectivity index (χ2v) is 2.44. The minimum Gasteiger partial charge on any atom is -0.504 e. The Hall–Kier alpha value is -1.51. The largest absolute Gasteiger partial charge is 0.504 e. The summed E-state index contributed by atoms with van der Waals surface area (Å²) in [6.45, 7) is 1.46. The summed E-state index contributed by atoms with van der Waals surface area (Å²) in [5.41, 5.74) is 0.532. The van der Waals surface area contributed by atoms with Gasteiger partial charge < -0.3 is 9.84 Å². The Morgan fingerprint density at radius 3 is 2.54 bits per heavy atom. The molecule has 0 fully saturated rings. The van der Waals surface area contributed by atoms with Crippen LogP contribution in [0, 0.1) is 0 Å². The van der Waals surface area contributed by atoms with Gasteiger partial charge in [-0.25, -0.2) is 0 Å². The molecular weight excluding hydrogens is 168 g/mol. The lowest BCUT2D eigenvalue weighted by molar-refractivity contribution is 0.101. The van der Waals surface area contributed by atoms with E-state index < -0.39 is 0 Å². The van der Waals surface area contributed by atoms with Crippen LogP contribution in [0.5, 0.6) is 11.5 Å². The summed E-state index contributed by atoms with van der Waals surface area (Å²) in [5.74, 6) is 0.318. The predicted octanol–water partition coefficient (Wildman–Crippen LogP) is 2.24. The maximum atomic E-state index is 10.9. The molecular formula is C10H14O3. The SMILES string of the molecule is C.COc1cc(C(C)=O)ccc1O. The summed E-state index contributed by atoms with van der Waals surface area (Å²) in [6, 6.07) is 4.51. The number of phenolic OH excluding ortho intramolecular Hbond substituents is 1. The fourth-order valence-electron chi connectivity index (χ4n) is 0.897. The van der Waals surface area contributed by atoms with E-state index in [1.807, 2.05) is 0 Å². The lowest BCUT2D eigenvalue weighted by Gasteiger charge is -2.03. The number of Topliss-reactive ketones (excluding diaryl/α,β-unsaturated/α-hetero) is 1. The standard InChI is InChI=1S/C9H10O3.CH4/c1-6(10)7-3-4-8(11)9(5-7)12-2;/h3-5,11H,1-2H3;1H4. The van der Waals surface area contributed by atoms with Gasteiger partial charge in [-0.05, 0) is 25.1 Å². The average Bonchev–Trinajstić information content (AvgIpc) is 2.05. The molecule has 0 atom stereocenters. The molecule has 0 unspecified atom stereocenters. The highest BCUT2D eigenvalue weighted by molar-refractivity contribution is 5.94. The number of carbonyl (C=O) groups is 1. The lowest BCUT2D eigenvalue weighted by Crippen LogP contribution is -1.92. The zero-order chi connectivity index (χ0) is 9.14. The summed E-state index contributed by atoms with van der Waals surface area (Å²) in [5, 5.41) is 9.18. The van der Waals surface area contributed by atoms with Crippen molar-refractivity contribution in [2.45, 2.75) is 14.4 Å². The molecule has 3 heteroatoms. The van der Waals surface area contributed by atoms with Gasteiger partial charge in [-0.1, -0.05) is 7.43 Å². The molecule has 1 rings (SSSR count).